The molecular weight excluding hydrogens is 491 g/mol. The van der Waals surface area contributed by atoms with Crippen LogP contribution in [0, 0.1) is 5.82 Å². The van der Waals surface area contributed by atoms with Crippen LogP contribution in [-0.4, -0.2) is 27.9 Å². The molecule has 1 heterocycles. The molecule has 0 bridgehead atoms. The van der Waals surface area contributed by atoms with Gasteiger partial charge in [-0.25, -0.2) is 4.39 Å². The molecule has 0 aliphatic heterocycles. The number of aliphatic hydroxyl groups excluding tert-OH is 1. The Balaban J connectivity index is 1.34. The number of para-hydroxylation sites is 1. The summed E-state index contributed by atoms with van der Waals surface area (Å²) in [4.78, 5) is 30.2. The fourth-order valence-electron chi connectivity index (χ4n) is 4.81. The molecule has 198 valence electrons. The van der Waals surface area contributed by atoms with Gasteiger partial charge in [0.1, 0.15) is 11.9 Å². The number of pyridine rings is 1. The first kappa shape index (κ1) is 26.4. The predicted molar refractivity (Wildman–Crippen MR) is 151 cm³/mol. The van der Waals surface area contributed by atoms with Gasteiger partial charge in [-0.15, -0.1) is 0 Å². The van der Waals surface area contributed by atoms with Gasteiger partial charge in [-0.2, -0.15) is 0 Å². The van der Waals surface area contributed by atoms with Gasteiger partial charge < -0.3 is 10.4 Å². The number of rotatable bonds is 10. The van der Waals surface area contributed by atoms with Crippen molar-refractivity contribution in [1.82, 2.24) is 10.3 Å². The second kappa shape index (κ2) is 11.7. The number of amides is 1. The van der Waals surface area contributed by atoms with Crippen LogP contribution in [0.1, 0.15) is 61.4 Å². The summed E-state index contributed by atoms with van der Waals surface area (Å²) in [5.41, 5.74) is 5.35. The summed E-state index contributed by atoms with van der Waals surface area (Å²) >= 11 is 0. The third-order valence-electron chi connectivity index (χ3n) is 7.12. The van der Waals surface area contributed by atoms with Crippen LogP contribution in [0.15, 0.2) is 84.9 Å². The number of allylic oxidation sites excluding steroid dienone is 1. The number of benzene rings is 3. The molecule has 4 aromatic rings. The smallest absolute Gasteiger partial charge is 0.249 e. The maximum Gasteiger partial charge on any atom is 0.249 e. The van der Waals surface area contributed by atoms with Crippen LogP contribution < -0.4 is 5.32 Å². The lowest BCUT2D eigenvalue weighted by molar-refractivity contribution is -0.130. The van der Waals surface area contributed by atoms with E-state index in [9.17, 15) is 19.1 Å². The van der Waals surface area contributed by atoms with Crippen molar-refractivity contribution in [1.29, 1.82) is 0 Å². The third kappa shape index (κ3) is 6.29. The van der Waals surface area contributed by atoms with Crippen molar-refractivity contribution in [2.45, 2.75) is 50.7 Å². The fourth-order valence-corrected chi connectivity index (χ4v) is 4.81. The molecule has 39 heavy (non-hydrogen) atoms. The molecule has 1 amide bonds. The lowest BCUT2D eigenvalue weighted by atomic mass is 9.92. The van der Waals surface area contributed by atoms with Crippen LogP contribution >= 0.6 is 0 Å². The molecule has 1 saturated carbocycles. The van der Waals surface area contributed by atoms with E-state index in [2.05, 4.69) is 5.32 Å². The number of ketones is 1. The summed E-state index contributed by atoms with van der Waals surface area (Å²) in [6.07, 6.45) is 4.12. The first-order valence-electron chi connectivity index (χ1n) is 13.3. The minimum atomic E-state index is -1.28. The molecule has 0 radical (unpaired) electrons. The van der Waals surface area contributed by atoms with Gasteiger partial charge in [0.05, 0.1) is 17.3 Å². The number of aliphatic hydroxyl groups is 1. The molecular formula is C33H31FN2O3. The number of nitrogens with zero attached hydrogens (tertiary/aromatic N) is 1. The molecule has 1 aliphatic carbocycles. The van der Waals surface area contributed by atoms with Crippen molar-refractivity contribution >= 4 is 28.7 Å². The topological polar surface area (TPSA) is 79.3 Å². The third-order valence-corrected chi connectivity index (χ3v) is 7.12. The number of hydrogen-bond donors (Lipinski definition) is 2. The number of carbonyl (C=O) groups is 2. The molecule has 2 atom stereocenters. The van der Waals surface area contributed by atoms with E-state index in [1.54, 1.807) is 18.2 Å². The Labute approximate surface area is 227 Å². The van der Waals surface area contributed by atoms with Crippen molar-refractivity contribution in [3.8, 4) is 11.1 Å². The Bertz CT molecular complexity index is 1510. The molecule has 5 nitrogen and oxygen atoms in total. The summed E-state index contributed by atoms with van der Waals surface area (Å²) < 4.78 is 13.7. The van der Waals surface area contributed by atoms with Gasteiger partial charge in [-0.05, 0) is 67.7 Å². The summed E-state index contributed by atoms with van der Waals surface area (Å²) in [7, 11) is 0. The zero-order valence-electron chi connectivity index (χ0n) is 21.8. The second-order valence-electron chi connectivity index (χ2n) is 10.1. The molecule has 1 aromatic heterocycles. The SMILES string of the molecule is C[C@H](NC(=O)[C@H](O)CCC(=O)/C=C/c1c(C2CC2)nc2ccccc2c1-c1ccc(F)cc1)c1ccccc1. The number of hydrogen-bond acceptors (Lipinski definition) is 4. The molecule has 1 aliphatic rings. The van der Waals surface area contributed by atoms with Crippen LogP contribution in [0.25, 0.3) is 28.1 Å². The van der Waals surface area contributed by atoms with Crippen molar-refractivity contribution in [2.24, 2.45) is 0 Å². The number of nitrogens with one attached hydrogen (secondary N) is 1. The average Bonchev–Trinajstić information content (AvgIpc) is 3.80. The van der Waals surface area contributed by atoms with E-state index in [0.717, 1.165) is 51.7 Å². The van der Waals surface area contributed by atoms with Crippen LogP contribution in [0.3, 0.4) is 0 Å². The Morgan fingerprint density at radius 2 is 1.72 bits per heavy atom. The van der Waals surface area contributed by atoms with Crippen molar-refractivity contribution in [3.63, 3.8) is 0 Å². The number of carbonyl (C=O) groups excluding carboxylic acids is 2. The van der Waals surface area contributed by atoms with Gasteiger partial charge in [0.2, 0.25) is 5.91 Å². The van der Waals surface area contributed by atoms with Crippen LogP contribution in [0.4, 0.5) is 4.39 Å². The molecule has 3 aromatic carbocycles. The highest BCUT2D eigenvalue weighted by Crippen LogP contribution is 2.45. The zero-order valence-corrected chi connectivity index (χ0v) is 21.8. The fraction of sp³-hybridized carbons (Fsp3) is 0.242. The summed E-state index contributed by atoms with van der Waals surface area (Å²) in [6, 6.07) is 23.5. The van der Waals surface area contributed by atoms with Crippen molar-refractivity contribution < 1.29 is 19.1 Å². The quantitative estimate of drug-likeness (QED) is 0.233. The Morgan fingerprint density at radius 3 is 2.44 bits per heavy atom. The van der Waals surface area contributed by atoms with Crippen LogP contribution in [0.2, 0.25) is 0 Å². The predicted octanol–water partition coefficient (Wildman–Crippen LogP) is 6.52. The second-order valence-corrected chi connectivity index (χ2v) is 10.1. The molecule has 6 heteroatoms. The number of aromatic nitrogens is 1. The van der Waals surface area contributed by atoms with E-state index >= 15 is 0 Å². The minimum absolute atomic E-state index is 0.0206. The molecule has 1 fully saturated rings. The highest BCUT2D eigenvalue weighted by molar-refractivity contribution is 6.02. The molecule has 2 N–H and O–H groups in total. The first-order valence-corrected chi connectivity index (χ1v) is 13.3. The standard InChI is InChI=1S/C33H31FN2O3/c1-21(22-7-3-2-4-8-22)35-33(39)30(38)20-18-26(37)17-19-28-31(23-13-15-25(34)16-14-23)27-9-5-6-10-29(27)36-32(28)24-11-12-24/h2-10,13-17,19,21,24,30,38H,11-12,18,20H2,1H3,(H,35,39)/b19-17+/t21-,30+/m0/s1. The maximum atomic E-state index is 13.7. The first-order chi connectivity index (χ1) is 18.9. The van der Waals surface area contributed by atoms with Gasteiger partial charge in [-0.3, -0.25) is 14.6 Å². The van der Waals surface area contributed by atoms with Crippen LogP contribution in [0.5, 0.6) is 0 Å². The molecule has 0 saturated heterocycles. The average molecular weight is 523 g/mol. The van der Waals surface area contributed by atoms with E-state index in [1.807, 2.05) is 61.5 Å². The van der Waals surface area contributed by atoms with E-state index in [1.165, 1.54) is 18.2 Å². The number of fused-ring (bicyclic) bond motifs is 1. The van der Waals surface area contributed by atoms with Crippen molar-refractivity contribution in [2.75, 3.05) is 0 Å². The highest BCUT2D eigenvalue weighted by Gasteiger charge is 2.29. The molecule has 0 spiro atoms. The van der Waals surface area contributed by atoms with Crippen LogP contribution in [-0.2, 0) is 9.59 Å². The Morgan fingerprint density at radius 1 is 1.03 bits per heavy atom. The van der Waals surface area contributed by atoms with Crippen molar-refractivity contribution in [3.05, 3.63) is 108 Å². The minimum Gasteiger partial charge on any atom is -0.383 e. The Hall–Kier alpha value is -4.16. The van der Waals surface area contributed by atoms with E-state index in [-0.39, 0.29) is 30.5 Å². The van der Waals surface area contributed by atoms with E-state index in [0.29, 0.717) is 5.92 Å². The monoisotopic (exact) mass is 522 g/mol. The number of halogens is 1. The Kier molecular flexibility index (Phi) is 7.94. The zero-order chi connectivity index (χ0) is 27.4. The lowest BCUT2D eigenvalue weighted by Crippen LogP contribution is -2.36. The molecule has 0 unspecified atom stereocenters. The maximum absolute atomic E-state index is 13.7. The summed E-state index contributed by atoms with van der Waals surface area (Å²) in [5, 5.41) is 14.1. The van der Waals surface area contributed by atoms with Gasteiger partial charge in [0, 0.05) is 28.9 Å². The summed E-state index contributed by atoms with van der Waals surface area (Å²) in [6.45, 7) is 1.85. The summed E-state index contributed by atoms with van der Waals surface area (Å²) in [5.74, 6) is -0.692. The van der Waals surface area contributed by atoms with Gasteiger partial charge in [0.25, 0.3) is 0 Å². The van der Waals surface area contributed by atoms with Gasteiger partial charge >= 0.3 is 0 Å². The highest BCUT2D eigenvalue weighted by atomic mass is 19.1. The lowest BCUT2D eigenvalue weighted by Gasteiger charge is -2.17. The normalized spacial score (nSPS) is 14.8. The molecule has 5 rings (SSSR count). The van der Waals surface area contributed by atoms with E-state index in [4.69, 9.17) is 4.98 Å². The van der Waals surface area contributed by atoms with Gasteiger partial charge in [-0.1, -0.05) is 60.7 Å². The largest absolute Gasteiger partial charge is 0.383 e. The van der Waals surface area contributed by atoms with Gasteiger partial charge in [0.15, 0.2) is 5.78 Å². The van der Waals surface area contributed by atoms with E-state index < -0.39 is 12.0 Å².